The summed E-state index contributed by atoms with van der Waals surface area (Å²) in [7, 11) is 0. The van der Waals surface area contributed by atoms with E-state index >= 15 is 0 Å². The summed E-state index contributed by atoms with van der Waals surface area (Å²) in [4.78, 5) is 64.8. The van der Waals surface area contributed by atoms with Crippen molar-refractivity contribution in [3.8, 4) is 17.3 Å². The third-order valence-corrected chi connectivity index (χ3v) is 11.8. The van der Waals surface area contributed by atoms with E-state index in [4.69, 9.17) is 4.98 Å². The van der Waals surface area contributed by atoms with Crippen molar-refractivity contribution in [3.63, 3.8) is 0 Å². The first-order valence-corrected chi connectivity index (χ1v) is 19.5. The van der Waals surface area contributed by atoms with Gasteiger partial charge in [-0.25, -0.2) is 4.68 Å². The highest BCUT2D eigenvalue weighted by Gasteiger charge is 2.45. The molecule has 4 amide bonds. The van der Waals surface area contributed by atoms with E-state index in [2.05, 4.69) is 55.6 Å². The second-order valence-corrected chi connectivity index (χ2v) is 15.8. The number of amides is 4. The molecule has 2 aromatic carbocycles. The number of nitriles is 1. The van der Waals surface area contributed by atoms with Gasteiger partial charge in [0.2, 0.25) is 11.8 Å². The zero-order chi connectivity index (χ0) is 38.7. The predicted octanol–water partition coefficient (Wildman–Crippen LogP) is 4.62. The summed E-state index contributed by atoms with van der Waals surface area (Å²) in [5.74, 6) is -1.39. The summed E-state index contributed by atoms with van der Waals surface area (Å²) in [6, 6.07) is 12.7. The SMILES string of the molecule is CC(C)Nc1c(-c2cn(C3CCN(CC4CCN(c5ccc6c(c5)C(=O)N(C5CCC(=O)NC5=O)C6=O)CC4)CC3)nn2)cnc2c1[nH]c1cc(C#N)ccc12. The largest absolute Gasteiger partial charge is 0.381 e. The fraction of sp³-hybridized carbons (Fsp3) is 0.415. The topological polar surface area (TPSA) is 185 Å². The maximum Gasteiger partial charge on any atom is 0.262 e. The van der Waals surface area contributed by atoms with Crippen molar-refractivity contribution in [1.82, 2.24) is 40.1 Å². The quantitative estimate of drug-likeness (QED) is 0.188. The Balaban J connectivity index is 0.807. The van der Waals surface area contributed by atoms with Crippen LogP contribution in [0.15, 0.2) is 48.8 Å². The van der Waals surface area contributed by atoms with Gasteiger partial charge in [-0.3, -0.25) is 34.4 Å². The lowest BCUT2D eigenvalue weighted by atomic mass is 9.94. The van der Waals surface area contributed by atoms with Crippen LogP contribution in [0.3, 0.4) is 0 Å². The van der Waals surface area contributed by atoms with Gasteiger partial charge in [0.1, 0.15) is 11.7 Å². The fourth-order valence-corrected chi connectivity index (χ4v) is 8.87. The molecule has 0 spiro atoms. The van der Waals surface area contributed by atoms with Gasteiger partial charge in [0.15, 0.2) is 0 Å². The molecule has 3 fully saturated rings. The van der Waals surface area contributed by atoms with E-state index in [1.165, 1.54) is 0 Å². The molecule has 3 aromatic heterocycles. The molecule has 56 heavy (non-hydrogen) atoms. The Morgan fingerprint density at radius 3 is 2.46 bits per heavy atom. The first-order valence-electron chi connectivity index (χ1n) is 19.5. The molecule has 0 radical (unpaired) electrons. The number of aromatic amines is 1. The van der Waals surface area contributed by atoms with Gasteiger partial charge in [-0.15, -0.1) is 5.10 Å². The highest BCUT2D eigenvalue weighted by atomic mass is 16.2. The number of nitrogens with one attached hydrogen (secondary N) is 3. The number of hydrogen-bond donors (Lipinski definition) is 3. The highest BCUT2D eigenvalue weighted by Crippen LogP contribution is 2.37. The van der Waals surface area contributed by atoms with Crippen LogP contribution < -0.4 is 15.5 Å². The molecular weight excluding hydrogens is 711 g/mol. The molecule has 1 atom stereocenters. The van der Waals surface area contributed by atoms with E-state index in [9.17, 15) is 24.4 Å². The molecule has 3 saturated heterocycles. The minimum atomic E-state index is -0.968. The van der Waals surface area contributed by atoms with Gasteiger partial charge < -0.3 is 20.1 Å². The summed E-state index contributed by atoms with van der Waals surface area (Å²) in [5, 5.41) is 25.4. The molecule has 1 unspecified atom stereocenters. The number of carbonyl (C=O) groups excluding carboxylic acids is 4. The van der Waals surface area contributed by atoms with Gasteiger partial charge in [-0.05, 0) is 88.3 Å². The molecular formula is C41H43N11O4. The van der Waals surface area contributed by atoms with E-state index in [-0.39, 0.29) is 30.8 Å². The Labute approximate surface area is 323 Å². The van der Waals surface area contributed by atoms with Crippen LogP contribution in [-0.4, -0.2) is 103 Å². The average Bonchev–Trinajstić information content (AvgIpc) is 3.90. The summed E-state index contributed by atoms with van der Waals surface area (Å²) < 4.78 is 2.01. The van der Waals surface area contributed by atoms with E-state index in [0.29, 0.717) is 22.6 Å². The number of aromatic nitrogens is 5. The Kier molecular flexibility index (Phi) is 9.00. The van der Waals surface area contributed by atoms with Crippen molar-refractivity contribution in [2.24, 2.45) is 5.92 Å². The van der Waals surface area contributed by atoms with E-state index < -0.39 is 23.8 Å². The minimum Gasteiger partial charge on any atom is -0.381 e. The van der Waals surface area contributed by atoms with Crippen LogP contribution in [0.4, 0.5) is 11.4 Å². The van der Waals surface area contributed by atoms with Crippen molar-refractivity contribution in [2.45, 2.75) is 70.5 Å². The first kappa shape index (κ1) is 35.6. The Morgan fingerprint density at radius 1 is 0.929 bits per heavy atom. The number of nitrogens with zero attached hydrogens (tertiary/aromatic N) is 8. The standard InChI is InChI=1S/C41H43N11O4/c1-23(2)44-37-31(20-43-36-29-5-3-25(19-42)17-32(29)45-38(36)37)33-22-51(48-47-33)26-11-13-49(14-12-26)21-24-9-15-50(16-10-24)27-4-6-28-30(18-27)41(56)52(40(28)55)34-7-8-35(53)46-39(34)54/h3-6,17-18,20,22-24,26,34,45H,7-16,21H2,1-2H3,(H,43,44)(H,46,53,54). The Hall–Kier alpha value is -6.14. The summed E-state index contributed by atoms with van der Waals surface area (Å²) in [6.07, 6.45) is 8.16. The maximum atomic E-state index is 13.4. The molecule has 286 valence electrons. The first-order chi connectivity index (χ1) is 27.1. The normalized spacial score (nSPS) is 20.0. The van der Waals surface area contributed by atoms with Crippen LogP contribution in [0.1, 0.15) is 84.7 Å². The highest BCUT2D eigenvalue weighted by molar-refractivity contribution is 6.23. The van der Waals surface area contributed by atoms with Gasteiger partial charge in [-0.2, -0.15) is 5.26 Å². The van der Waals surface area contributed by atoms with E-state index in [1.807, 2.05) is 41.3 Å². The van der Waals surface area contributed by atoms with Crippen molar-refractivity contribution in [2.75, 3.05) is 42.9 Å². The number of pyridine rings is 1. The molecule has 5 aromatic rings. The molecule has 7 heterocycles. The third kappa shape index (κ3) is 6.33. The number of piperidine rings is 3. The number of imide groups is 2. The number of rotatable bonds is 8. The monoisotopic (exact) mass is 753 g/mol. The van der Waals surface area contributed by atoms with Crippen molar-refractivity contribution >= 4 is 56.9 Å². The van der Waals surface area contributed by atoms with Crippen LogP contribution in [0.5, 0.6) is 0 Å². The van der Waals surface area contributed by atoms with Gasteiger partial charge in [0.05, 0.1) is 51.7 Å². The van der Waals surface area contributed by atoms with Gasteiger partial charge in [0, 0.05) is 73.5 Å². The smallest absolute Gasteiger partial charge is 0.262 e. The molecule has 9 rings (SSSR count). The minimum absolute atomic E-state index is 0.0961. The van der Waals surface area contributed by atoms with Gasteiger partial charge in [-0.1, -0.05) is 5.21 Å². The third-order valence-electron chi connectivity index (χ3n) is 11.8. The number of H-pyrrole nitrogens is 1. The number of benzene rings is 2. The molecule has 0 saturated carbocycles. The van der Waals surface area contributed by atoms with Gasteiger partial charge >= 0.3 is 0 Å². The summed E-state index contributed by atoms with van der Waals surface area (Å²) in [5.41, 5.74) is 7.27. The van der Waals surface area contributed by atoms with Crippen molar-refractivity contribution in [3.05, 3.63) is 65.5 Å². The number of likely N-dealkylation sites (tertiary alicyclic amines) is 1. The molecule has 0 aliphatic carbocycles. The molecule has 15 nitrogen and oxygen atoms in total. The Bertz CT molecular complexity index is 2450. The fourth-order valence-electron chi connectivity index (χ4n) is 8.87. The van der Waals surface area contributed by atoms with Crippen molar-refractivity contribution in [1.29, 1.82) is 5.26 Å². The zero-order valence-electron chi connectivity index (χ0n) is 31.4. The zero-order valence-corrected chi connectivity index (χ0v) is 31.4. The van der Waals surface area contributed by atoms with Crippen LogP contribution in [0.25, 0.3) is 33.2 Å². The number of fused-ring (bicyclic) bond motifs is 4. The maximum absolute atomic E-state index is 13.4. The van der Waals surface area contributed by atoms with Crippen LogP contribution in [0, 0.1) is 17.2 Å². The lowest BCUT2D eigenvalue weighted by Crippen LogP contribution is -2.54. The van der Waals surface area contributed by atoms with Crippen LogP contribution in [0.2, 0.25) is 0 Å². The molecule has 15 heteroatoms. The average molecular weight is 754 g/mol. The van der Waals surface area contributed by atoms with Crippen molar-refractivity contribution < 1.29 is 19.2 Å². The van der Waals surface area contributed by atoms with Crippen LogP contribution in [-0.2, 0) is 9.59 Å². The second kappa shape index (κ2) is 14.2. The number of carbonyl (C=O) groups is 4. The number of anilines is 2. The summed E-state index contributed by atoms with van der Waals surface area (Å²) in [6.45, 7) is 8.92. The molecule has 3 N–H and O–H groups in total. The lowest BCUT2D eigenvalue weighted by Gasteiger charge is -2.38. The van der Waals surface area contributed by atoms with E-state index in [0.717, 1.165) is 108 Å². The molecule has 4 aliphatic rings. The van der Waals surface area contributed by atoms with Gasteiger partial charge in [0.25, 0.3) is 11.8 Å². The lowest BCUT2D eigenvalue weighted by molar-refractivity contribution is -0.136. The predicted molar refractivity (Wildman–Crippen MR) is 209 cm³/mol. The Morgan fingerprint density at radius 2 is 1.71 bits per heavy atom. The van der Waals surface area contributed by atoms with Crippen LogP contribution >= 0.6 is 0 Å². The number of hydrogen-bond acceptors (Lipinski definition) is 11. The summed E-state index contributed by atoms with van der Waals surface area (Å²) >= 11 is 0. The molecule has 0 bridgehead atoms. The van der Waals surface area contributed by atoms with E-state index in [1.54, 1.807) is 12.1 Å². The molecule has 4 aliphatic heterocycles. The second-order valence-electron chi connectivity index (χ2n) is 15.8.